The maximum Gasteiger partial charge on any atom is 0.160 e. The molecule has 0 spiro atoms. The number of thiazole rings is 1. The van der Waals surface area contributed by atoms with Crippen LogP contribution in [-0.4, -0.2) is 19.2 Å². The molecule has 5 heteroatoms. The first-order chi connectivity index (χ1) is 8.76. The minimum Gasteiger partial charge on any atom is -0.493 e. The first-order valence-corrected chi connectivity index (χ1v) is 6.20. The van der Waals surface area contributed by atoms with Crippen molar-refractivity contribution in [2.45, 2.75) is 6.42 Å². The van der Waals surface area contributed by atoms with E-state index in [4.69, 9.17) is 14.7 Å². The quantitative estimate of drug-likeness (QED) is 0.848. The number of hydrogen-bond donors (Lipinski definition) is 0. The van der Waals surface area contributed by atoms with Crippen molar-refractivity contribution in [3.8, 4) is 17.6 Å². The molecule has 0 saturated carbocycles. The number of rotatable bonds is 4. The predicted octanol–water partition coefficient (Wildman–Crippen LogP) is 2.62. The smallest absolute Gasteiger partial charge is 0.160 e. The Labute approximate surface area is 109 Å². The standard InChI is InChI=1S/C13H12N2O2S/c1-16-11-4-3-9(5-12(11)17-2)6-13-15-10(7-14)8-18-13/h3-5,8H,6H2,1-2H3. The fourth-order valence-electron chi connectivity index (χ4n) is 1.61. The van der Waals surface area contributed by atoms with E-state index >= 15 is 0 Å². The zero-order valence-corrected chi connectivity index (χ0v) is 11.0. The molecule has 0 fully saturated rings. The lowest BCUT2D eigenvalue weighted by molar-refractivity contribution is 0.354. The number of aromatic nitrogens is 1. The molecule has 2 aromatic rings. The molecule has 92 valence electrons. The number of nitrogens with zero attached hydrogens (tertiary/aromatic N) is 2. The van der Waals surface area contributed by atoms with Gasteiger partial charge in [-0.1, -0.05) is 6.07 Å². The normalized spacial score (nSPS) is 9.83. The van der Waals surface area contributed by atoms with Gasteiger partial charge in [-0.3, -0.25) is 0 Å². The molecule has 0 aliphatic rings. The fraction of sp³-hybridized carbons (Fsp3) is 0.231. The highest BCUT2D eigenvalue weighted by Gasteiger charge is 2.07. The summed E-state index contributed by atoms with van der Waals surface area (Å²) in [7, 11) is 3.22. The third-order valence-electron chi connectivity index (χ3n) is 2.47. The van der Waals surface area contributed by atoms with Crippen LogP contribution in [0.3, 0.4) is 0 Å². The summed E-state index contributed by atoms with van der Waals surface area (Å²) >= 11 is 1.49. The topological polar surface area (TPSA) is 55.1 Å². The van der Waals surface area contributed by atoms with E-state index in [0.29, 0.717) is 23.6 Å². The predicted molar refractivity (Wildman–Crippen MR) is 69.2 cm³/mol. The van der Waals surface area contributed by atoms with Gasteiger partial charge in [-0.25, -0.2) is 4.98 Å². The van der Waals surface area contributed by atoms with E-state index in [0.717, 1.165) is 10.6 Å². The lowest BCUT2D eigenvalue weighted by Crippen LogP contribution is -1.93. The molecule has 0 N–H and O–H groups in total. The summed E-state index contributed by atoms with van der Waals surface area (Å²) in [4.78, 5) is 4.21. The first-order valence-electron chi connectivity index (χ1n) is 5.32. The largest absolute Gasteiger partial charge is 0.493 e. The molecule has 1 heterocycles. The summed E-state index contributed by atoms with van der Waals surface area (Å²) in [6, 6.07) is 7.79. The second kappa shape index (κ2) is 5.52. The van der Waals surface area contributed by atoms with Gasteiger partial charge in [0.1, 0.15) is 6.07 Å². The summed E-state index contributed by atoms with van der Waals surface area (Å²) in [5, 5.41) is 11.4. The highest BCUT2D eigenvalue weighted by molar-refractivity contribution is 7.09. The van der Waals surface area contributed by atoms with Gasteiger partial charge >= 0.3 is 0 Å². The fourth-order valence-corrected chi connectivity index (χ4v) is 2.36. The lowest BCUT2D eigenvalue weighted by Gasteiger charge is -2.08. The Kier molecular flexibility index (Phi) is 3.80. The summed E-state index contributed by atoms with van der Waals surface area (Å²) in [5.74, 6) is 1.41. The molecule has 1 aromatic heterocycles. The number of benzene rings is 1. The highest BCUT2D eigenvalue weighted by Crippen LogP contribution is 2.28. The van der Waals surface area contributed by atoms with Crippen LogP contribution in [0.5, 0.6) is 11.5 Å². The van der Waals surface area contributed by atoms with E-state index in [-0.39, 0.29) is 0 Å². The molecule has 0 aliphatic heterocycles. The summed E-state index contributed by atoms with van der Waals surface area (Å²) in [6.45, 7) is 0. The van der Waals surface area contributed by atoms with Crippen LogP contribution in [0.25, 0.3) is 0 Å². The average molecular weight is 260 g/mol. The van der Waals surface area contributed by atoms with Crippen molar-refractivity contribution in [3.63, 3.8) is 0 Å². The highest BCUT2D eigenvalue weighted by atomic mass is 32.1. The molecule has 0 aliphatic carbocycles. The van der Waals surface area contributed by atoms with Crippen molar-refractivity contribution >= 4 is 11.3 Å². The van der Waals surface area contributed by atoms with Crippen molar-refractivity contribution in [2.75, 3.05) is 14.2 Å². The van der Waals surface area contributed by atoms with Gasteiger partial charge in [-0.15, -0.1) is 11.3 Å². The van der Waals surface area contributed by atoms with Crippen molar-refractivity contribution in [1.29, 1.82) is 5.26 Å². The maximum atomic E-state index is 8.73. The monoisotopic (exact) mass is 260 g/mol. The Balaban J connectivity index is 2.21. The average Bonchev–Trinajstić information content (AvgIpc) is 2.86. The minimum absolute atomic E-state index is 0.468. The molecular weight excluding hydrogens is 248 g/mol. The summed E-state index contributed by atoms with van der Waals surface area (Å²) in [6.07, 6.45) is 0.687. The van der Waals surface area contributed by atoms with E-state index in [2.05, 4.69) is 4.98 Å². The molecule has 0 radical (unpaired) electrons. The van der Waals surface area contributed by atoms with Crippen molar-refractivity contribution in [2.24, 2.45) is 0 Å². The zero-order chi connectivity index (χ0) is 13.0. The lowest BCUT2D eigenvalue weighted by atomic mass is 10.1. The van der Waals surface area contributed by atoms with Gasteiger partial charge in [0, 0.05) is 11.8 Å². The number of hydrogen-bond acceptors (Lipinski definition) is 5. The van der Waals surface area contributed by atoms with Crippen molar-refractivity contribution in [1.82, 2.24) is 4.98 Å². The van der Waals surface area contributed by atoms with Gasteiger partial charge in [0.25, 0.3) is 0 Å². The third-order valence-corrected chi connectivity index (χ3v) is 3.32. The zero-order valence-electron chi connectivity index (χ0n) is 10.1. The van der Waals surface area contributed by atoms with E-state index in [1.54, 1.807) is 19.6 Å². The van der Waals surface area contributed by atoms with Crippen LogP contribution in [0.1, 0.15) is 16.3 Å². The molecule has 2 rings (SSSR count). The summed E-state index contributed by atoms with van der Waals surface area (Å²) < 4.78 is 10.4. The first kappa shape index (κ1) is 12.4. The third kappa shape index (κ3) is 2.60. The second-order valence-corrected chi connectivity index (χ2v) is 4.55. The van der Waals surface area contributed by atoms with Gasteiger partial charge in [0.15, 0.2) is 17.2 Å². The molecule has 0 amide bonds. The molecular formula is C13H12N2O2S. The molecule has 0 atom stereocenters. The van der Waals surface area contributed by atoms with Gasteiger partial charge in [0.2, 0.25) is 0 Å². The SMILES string of the molecule is COc1ccc(Cc2nc(C#N)cs2)cc1OC. The number of ether oxygens (including phenoxy) is 2. The minimum atomic E-state index is 0.468. The molecule has 0 unspecified atom stereocenters. The van der Waals surface area contributed by atoms with Crippen LogP contribution in [-0.2, 0) is 6.42 Å². The molecule has 4 nitrogen and oxygen atoms in total. The Morgan fingerprint density at radius 1 is 1.28 bits per heavy atom. The molecule has 0 saturated heterocycles. The van der Waals surface area contributed by atoms with E-state index < -0.39 is 0 Å². The molecule has 1 aromatic carbocycles. The van der Waals surface area contributed by atoms with E-state index in [1.807, 2.05) is 24.3 Å². The van der Waals surface area contributed by atoms with Crippen molar-refractivity contribution < 1.29 is 9.47 Å². The van der Waals surface area contributed by atoms with Crippen LogP contribution in [0.4, 0.5) is 0 Å². The Bertz CT molecular complexity index is 587. The Morgan fingerprint density at radius 2 is 2.06 bits per heavy atom. The molecule has 18 heavy (non-hydrogen) atoms. The van der Waals surface area contributed by atoms with Crippen LogP contribution >= 0.6 is 11.3 Å². The molecule has 0 bridgehead atoms. The second-order valence-electron chi connectivity index (χ2n) is 3.60. The van der Waals surface area contributed by atoms with Crippen molar-refractivity contribution in [3.05, 3.63) is 39.8 Å². The van der Waals surface area contributed by atoms with Gasteiger partial charge in [0.05, 0.1) is 19.2 Å². The summed E-state index contributed by atoms with van der Waals surface area (Å²) in [5.41, 5.74) is 1.54. The Hall–Kier alpha value is -2.06. The number of nitriles is 1. The Morgan fingerprint density at radius 3 is 2.67 bits per heavy atom. The number of methoxy groups -OCH3 is 2. The van der Waals surface area contributed by atoms with Crippen LogP contribution < -0.4 is 9.47 Å². The maximum absolute atomic E-state index is 8.73. The van der Waals surface area contributed by atoms with Crippen LogP contribution in [0.2, 0.25) is 0 Å². The van der Waals surface area contributed by atoms with Gasteiger partial charge in [-0.05, 0) is 17.7 Å². The van der Waals surface area contributed by atoms with E-state index in [1.165, 1.54) is 11.3 Å². The van der Waals surface area contributed by atoms with E-state index in [9.17, 15) is 0 Å². The van der Waals surface area contributed by atoms with Gasteiger partial charge in [-0.2, -0.15) is 5.26 Å². The van der Waals surface area contributed by atoms with Gasteiger partial charge < -0.3 is 9.47 Å². The van der Waals surface area contributed by atoms with Crippen LogP contribution in [0, 0.1) is 11.3 Å². The van der Waals surface area contributed by atoms with Crippen LogP contribution in [0.15, 0.2) is 23.6 Å².